The van der Waals surface area contributed by atoms with Gasteiger partial charge in [0, 0.05) is 6.54 Å². The fourth-order valence-electron chi connectivity index (χ4n) is 2.51. The Balaban J connectivity index is 1.68. The zero-order valence-corrected chi connectivity index (χ0v) is 15.8. The Kier molecular flexibility index (Phi) is 5.68. The van der Waals surface area contributed by atoms with Crippen LogP contribution in [0.3, 0.4) is 0 Å². The Bertz CT molecular complexity index is 894. The number of rotatable bonds is 6. The minimum Gasteiger partial charge on any atom is -0.351 e. The monoisotopic (exact) mass is 367 g/mol. The van der Waals surface area contributed by atoms with E-state index in [1.807, 2.05) is 56.3 Å². The minimum absolute atomic E-state index is 0.0469. The van der Waals surface area contributed by atoms with Crippen LogP contribution in [-0.4, -0.2) is 31.4 Å². The highest BCUT2D eigenvalue weighted by Crippen LogP contribution is 2.25. The van der Waals surface area contributed by atoms with Crippen LogP contribution in [0.1, 0.15) is 23.6 Å². The number of tetrazole rings is 1. The van der Waals surface area contributed by atoms with Gasteiger partial charge in [-0.15, -0.1) is 5.10 Å². The molecule has 3 aromatic rings. The summed E-state index contributed by atoms with van der Waals surface area (Å²) < 4.78 is 1.69. The van der Waals surface area contributed by atoms with Crippen molar-refractivity contribution >= 4 is 17.7 Å². The van der Waals surface area contributed by atoms with Crippen molar-refractivity contribution in [2.24, 2.45) is 0 Å². The first kappa shape index (κ1) is 18.1. The molecule has 0 spiro atoms. The number of nitrogens with one attached hydrogen (secondary N) is 1. The van der Waals surface area contributed by atoms with Gasteiger partial charge in [-0.1, -0.05) is 54.2 Å². The highest BCUT2D eigenvalue weighted by Gasteiger charge is 2.19. The Labute approximate surface area is 157 Å². The molecule has 1 N–H and O–H groups in total. The number of aromatic nitrogens is 4. The van der Waals surface area contributed by atoms with E-state index >= 15 is 0 Å². The van der Waals surface area contributed by atoms with E-state index in [1.165, 1.54) is 17.3 Å². The third-order valence-electron chi connectivity index (χ3n) is 4.21. The molecule has 3 rings (SSSR count). The lowest BCUT2D eigenvalue weighted by Gasteiger charge is -2.13. The van der Waals surface area contributed by atoms with Gasteiger partial charge in [0.25, 0.3) is 0 Å². The smallest absolute Gasteiger partial charge is 0.233 e. The molecule has 1 amide bonds. The number of hydrogen-bond donors (Lipinski definition) is 1. The Morgan fingerprint density at radius 2 is 1.92 bits per heavy atom. The van der Waals surface area contributed by atoms with Crippen molar-refractivity contribution in [1.29, 1.82) is 0 Å². The zero-order valence-electron chi connectivity index (χ0n) is 15.0. The highest BCUT2D eigenvalue weighted by molar-refractivity contribution is 8.00. The quantitative estimate of drug-likeness (QED) is 0.678. The summed E-state index contributed by atoms with van der Waals surface area (Å²) >= 11 is 1.34. The van der Waals surface area contributed by atoms with E-state index in [1.54, 1.807) is 4.68 Å². The van der Waals surface area contributed by atoms with Gasteiger partial charge < -0.3 is 5.32 Å². The van der Waals surface area contributed by atoms with Gasteiger partial charge in [0.05, 0.1) is 10.9 Å². The molecule has 0 aliphatic heterocycles. The van der Waals surface area contributed by atoms with Crippen LogP contribution in [0.15, 0.2) is 53.7 Å². The molecule has 26 heavy (non-hydrogen) atoms. The summed E-state index contributed by atoms with van der Waals surface area (Å²) in [7, 11) is 0. The molecular formula is C19H21N5OS. The van der Waals surface area contributed by atoms with Crippen LogP contribution >= 0.6 is 11.8 Å². The SMILES string of the molecule is Cc1cccc(-n2nnnc2SC(C)C(=O)NCc2ccccc2)c1C. The summed E-state index contributed by atoms with van der Waals surface area (Å²) in [6.45, 7) is 6.45. The van der Waals surface area contributed by atoms with Crippen LogP contribution in [0, 0.1) is 13.8 Å². The third kappa shape index (κ3) is 4.11. The van der Waals surface area contributed by atoms with E-state index in [4.69, 9.17) is 0 Å². The van der Waals surface area contributed by atoms with E-state index in [0.717, 1.165) is 16.8 Å². The maximum absolute atomic E-state index is 12.4. The molecule has 0 fully saturated rings. The van der Waals surface area contributed by atoms with Crippen molar-refractivity contribution < 1.29 is 4.79 Å². The molecule has 7 heteroatoms. The number of carbonyl (C=O) groups is 1. The zero-order chi connectivity index (χ0) is 18.5. The predicted octanol–water partition coefficient (Wildman–Crippen LogP) is 3.08. The van der Waals surface area contributed by atoms with Crippen molar-refractivity contribution in [3.8, 4) is 5.69 Å². The van der Waals surface area contributed by atoms with Crippen LogP contribution in [0.25, 0.3) is 5.69 Å². The van der Waals surface area contributed by atoms with E-state index < -0.39 is 0 Å². The first-order chi connectivity index (χ1) is 12.6. The van der Waals surface area contributed by atoms with Crippen molar-refractivity contribution in [2.45, 2.75) is 37.7 Å². The number of nitrogens with zero attached hydrogens (tertiary/aromatic N) is 4. The van der Waals surface area contributed by atoms with Gasteiger partial charge in [0.15, 0.2) is 0 Å². The van der Waals surface area contributed by atoms with Crippen LogP contribution in [0.4, 0.5) is 0 Å². The number of carbonyl (C=O) groups excluding carboxylic acids is 1. The number of benzene rings is 2. The van der Waals surface area contributed by atoms with Gasteiger partial charge in [-0.25, -0.2) is 0 Å². The Morgan fingerprint density at radius 3 is 2.69 bits per heavy atom. The molecule has 0 saturated heterocycles. The maximum atomic E-state index is 12.4. The fraction of sp³-hybridized carbons (Fsp3) is 0.263. The average molecular weight is 367 g/mol. The van der Waals surface area contributed by atoms with Gasteiger partial charge in [-0.05, 0) is 54.0 Å². The molecule has 134 valence electrons. The van der Waals surface area contributed by atoms with E-state index in [-0.39, 0.29) is 11.2 Å². The molecule has 6 nitrogen and oxygen atoms in total. The lowest BCUT2D eigenvalue weighted by molar-refractivity contribution is -0.120. The summed E-state index contributed by atoms with van der Waals surface area (Å²) in [5, 5.41) is 15.2. The summed E-state index contributed by atoms with van der Waals surface area (Å²) in [6, 6.07) is 15.8. The molecule has 0 aliphatic rings. The number of hydrogen-bond acceptors (Lipinski definition) is 5. The van der Waals surface area contributed by atoms with Crippen molar-refractivity contribution in [2.75, 3.05) is 0 Å². The molecule has 1 atom stereocenters. The molecule has 0 saturated carbocycles. The average Bonchev–Trinajstić information content (AvgIpc) is 3.10. The van der Waals surface area contributed by atoms with E-state index in [2.05, 4.69) is 33.8 Å². The minimum atomic E-state index is -0.312. The summed E-state index contributed by atoms with van der Waals surface area (Å²) in [6.07, 6.45) is 0. The van der Waals surface area contributed by atoms with Gasteiger partial charge >= 0.3 is 0 Å². The van der Waals surface area contributed by atoms with E-state index in [9.17, 15) is 4.79 Å². The number of amides is 1. The maximum Gasteiger partial charge on any atom is 0.233 e. The van der Waals surface area contributed by atoms with Crippen LogP contribution in [0.5, 0.6) is 0 Å². The first-order valence-electron chi connectivity index (χ1n) is 8.39. The molecular weight excluding hydrogens is 346 g/mol. The molecule has 0 radical (unpaired) electrons. The Morgan fingerprint density at radius 1 is 1.15 bits per heavy atom. The van der Waals surface area contributed by atoms with Crippen molar-refractivity contribution in [1.82, 2.24) is 25.5 Å². The van der Waals surface area contributed by atoms with Crippen LogP contribution in [0.2, 0.25) is 0 Å². The number of aryl methyl sites for hydroxylation is 1. The molecule has 1 unspecified atom stereocenters. The van der Waals surface area contributed by atoms with Crippen LogP contribution < -0.4 is 5.32 Å². The fourth-order valence-corrected chi connectivity index (χ4v) is 3.33. The molecule has 2 aromatic carbocycles. The Hall–Kier alpha value is -2.67. The highest BCUT2D eigenvalue weighted by atomic mass is 32.2. The predicted molar refractivity (Wildman–Crippen MR) is 102 cm³/mol. The van der Waals surface area contributed by atoms with Gasteiger partial charge in [-0.2, -0.15) is 4.68 Å². The molecule has 1 heterocycles. The first-order valence-corrected chi connectivity index (χ1v) is 9.27. The molecule has 1 aromatic heterocycles. The summed E-state index contributed by atoms with van der Waals surface area (Å²) in [5.74, 6) is -0.0469. The number of thioether (sulfide) groups is 1. The second-order valence-electron chi connectivity index (χ2n) is 6.06. The summed E-state index contributed by atoms with van der Waals surface area (Å²) in [4.78, 5) is 12.4. The second-order valence-corrected chi connectivity index (χ2v) is 7.36. The lowest BCUT2D eigenvalue weighted by atomic mass is 10.1. The van der Waals surface area contributed by atoms with Gasteiger partial charge in [0.1, 0.15) is 0 Å². The standard InChI is InChI=1S/C19H21N5OS/c1-13-8-7-11-17(14(13)2)24-19(21-22-23-24)26-15(3)18(25)20-12-16-9-5-4-6-10-16/h4-11,15H,12H2,1-3H3,(H,20,25). The van der Waals surface area contributed by atoms with E-state index in [0.29, 0.717) is 11.7 Å². The van der Waals surface area contributed by atoms with Crippen molar-refractivity contribution in [3.63, 3.8) is 0 Å². The molecule has 0 bridgehead atoms. The van der Waals surface area contributed by atoms with Gasteiger partial charge in [0.2, 0.25) is 11.1 Å². The second kappa shape index (κ2) is 8.14. The van der Waals surface area contributed by atoms with Crippen LogP contribution in [-0.2, 0) is 11.3 Å². The van der Waals surface area contributed by atoms with Gasteiger partial charge in [-0.3, -0.25) is 4.79 Å². The summed E-state index contributed by atoms with van der Waals surface area (Å²) in [5.41, 5.74) is 4.28. The lowest BCUT2D eigenvalue weighted by Crippen LogP contribution is -2.30. The largest absolute Gasteiger partial charge is 0.351 e. The molecule has 0 aliphatic carbocycles. The van der Waals surface area contributed by atoms with Crippen molar-refractivity contribution in [3.05, 3.63) is 65.2 Å². The third-order valence-corrected chi connectivity index (χ3v) is 5.24. The topological polar surface area (TPSA) is 72.7 Å². The normalized spacial score (nSPS) is 12.0.